The van der Waals surface area contributed by atoms with Crippen LogP contribution in [0.15, 0.2) is 63.5 Å². The Morgan fingerprint density at radius 1 is 1.03 bits per heavy atom. The summed E-state index contributed by atoms with van der Waals surface area (Å²) in [7, 11) is 3.02. The van der Waals surface area contributed by atoms with Crippen LogP contribution in [0.3, 0.4) is 0 Å². The van der Waals surface area contributed by atoms with E-state index in [-0.39, 0.29) is 13.1 Å². The minimum atomic E-state index is -0.584. The summed E-state index contributed by atoms with van der Waals surface area (Å²) in [6, 6.07) is 13.7. The highest BCUT2D eigenvalue weighted by atomic mass is 35.5. The lowest BCUT2D eigenvalue weighted by molar-refractivity contribution is -0.116. The number of carbonyl (C=O) groups is 1. The number of para-hydroxylation sites is 1. The van der Waals surface area contributed by atoms with E-state index in [0.717, 1.165) is 4.57 Å². The summed E-state index contributed by atoms with van der Waals surface area (Å²) in [4.78, 5) is 39.1. The Morgan fingerprint density at radius 2 is 1.79 bits per heavy atom. The number of thiophene rings is 1. The molecule has 0 unspecified atom stereocenters. The van der Waals surface area contributed by atoms with Gasteiger partial charge in [0.05, 0.1) is 31.3 Å². The van der Waals surface area contributed by atoms with Crippen molar-refractivity contribution < 1.29 is 14.3 Å². The number of fused-ring (bicyclic) bond motifs is 1. The molecule has 1 amide bonds. The summed E-state index contributed by atoms with van der Waals surface area (Å²) in [5, 5.41) is 4.79. The first-order chi connectivity index (χ1) is 15.9. The van der Waals surface area contributed by atoms with Crippen LogP contribution in [0.25, 0.3) is 10.2 Å². The second-order valence-electron chi connectivity index (χ2n) is 7.10. The quantitative estimate of drug-likeness (QED) is 0.432. The van der Waals surface area contributed by atoms with Crippen LogP contribution in [-0.2, 0) is 17.9 Å². The predicted molar refractivity (Wildman–Crippen MR) is 129 cm³/mol. The topological polar surface area (TPSA) is 91.6 Å². The summed E-state index contributed by atoms with van der Waals surface area (Å²) >= 11 is 7.34. The standard InChI is InChI=1S/C23H20ClN3O5S/c1-31-18-6-4-3-5-14(18)12-27-22(29)21-17(9-10-33-21)26(23(27)30)13-20(28)25-15-7-8-19(32-2)16(24)11-15/h3-11H,12-13H2,1-2H3,(H,25,28). The second-order valence-corrected chi connectivity index (χ2v) is 8.43. The molecule has 0 spiro atoms. The lowest BCUT2D eigenvalue weighted by Crippen LogP contribution is -2.41. The number of anilines is 1. The maximum Gasteiger partial charge on any atom is 0.332 e. The fraction of sp³-hybridized carbons (Fsp3) is 0.174. The number of nitrogens with zero attached hydrogens (tertiary/aromatic N) is 2. The van der Waals surface area contributed by atoms with Gasteiger partial charge in [0, 0.05) is 11.3 Å². The molecule has 10 heteroatoms. The van der Waals surface area contributed by atoms with Gasteiger partial charge in [0.1, 0.15) is 22.7 Å². The molecule has 0 saturated heterocycles. The largest absolute Gasteiger partial charge is 0.496 e. The van der Waals surface area contributed by atoms with Crippen molar-refractivity contribution in [3.63, 3.8) is 0 Å². The maximum atomic E-state index is 13.3. The number of hydrogen-bond acceptors (Lipinski definition) is 6. The number of methoxy groups -OCH3 is 2. The van der Waals surface area contributed by atoms with Gasteiger partial charge in [-0.1, -0.05) is 29.8 Å². The second kappa shape index (κ2) is 9.51. The number of halogens is 1. The highest BCUT2D eigenvalue weighted by Gasteiger charge is 2.18. The molecule has 33 heavy (non-hydrogen) atoms. The van der Waals surface area contributed by atoms with E-state index < -0.39 is 17.2 Å². The minimum absolute atomic E-state index is 0.0191. The van der Waals surface area contributed by atoms with Crippen molar-refractivity contribution >= 4 is 44.7 Å². The maximum absolute atomic E-state index is 13.3. The van der Waals surface area contributed by atoms with E-state index in [1.807, 2.05) is 6.07 Å². The van der Waals surface area contributed by atoms with Crippen molar-refractivity contribution in [3.8, 4) is 11.5 Å². The van der Waals surface area contributed by atoms with E-state index in [4.69, 9.17) is 21.1 Å². The van der Waals surface area contributed by atoms with Gasteiger partial charge in [0.15, 0.2) is 0 Å². The van der Waals surface area contributed by atoms with Gasteiger partial charge in [-0.15, -0.1) is 11.3 Å². The van der Waals surface area contributed by atoms with Crippen LogP contribution in [0.1, 0.15) is 5.56 Å². The third-order valence-corrected chi connectivity index (χ3v) is 6.28. The number of rotatable bonds is 7. The van der Waals surface area contributed by atoms with E-state index in [9.17, 15) is 14.4 Å². The Kier molecular flexibility index (Phi) is 6.52. The molecule has 2 aromatic carbocycles. The lowest BCUT2D eigenvalue weighted by Gasteiger charge is -2.14. The number of carbonyl (C=O) groups excluding carboxylic acids is 1. The Morgan fingerprint density at radius 3 is 2.52 bits per heavy atom. The van der Waals surface area contributed by atoms with Gasteiger partial charge in [-0.2, -0.15) is 0 Å². The number of amides is 1. The smallest absolute Gasteiger partial charge is 0.332 e. The van der Waals surface area contributed by atoms with Gasteiger partial charge in [-0.25, -0.2) is 4.79 Å². The molecular formula is C23H20ClN3O5S. The first-order valence-corrected chi connectivity index (χ1v) is 11.1. The van der Waals surface area contributed by atoms with Crippen molar-refractivity contribution in [1.82, 2.24) is 9.13 Å². The molecule has 1 N–H and O–H groups in total. The number of aromatic nitrogens is 2. The van der Waals surface area contributed by atoms with E-state index in [1.54, 1.807) is 47.8 Å². The molecule has 2 heterocycles. The van der Waals surface area contributed by atoms with Crippen molar-refractivity contribution in [3.05, 3.63) is 85.3 Å². The molecule has 0 saturated carbocycles. The van der Waals surface area contributed by atoms with Crippen LogP contribution >= 0.6 is 22.9 Å². The monoisotopic (exact) mass is 485 g/mol. The molecule has 0 atom stereocenters. The fourth-order valence-electron chi connectivity index (χ4n) is 3.52. The predicted octanol–water partition coefficient (Wildman–Crippen LogP) is 3.58. The van der Waals surface area contributed by atoms with Crippen LogP contribution < -0.4 is 26.0 Å². The van der Waals surface area contributed by atoms with Gasteiger partial charge in [0.2, 0.25) is 5.91 Å². The highest BCUT2D eigenvalue weighted by Crippen LogP contribution is 2.27. The van der Waals surface area contributed by atoms with Crippen molar-refractivity contribution in [2.75, 3.05) is 19.5 Å². The molecule has 0 aliphatic carbocycles. The summed E-state index contributed by atoms with van der Waals surface area (Å²) in [6.45, 7) is -0.257. The summed E-state index contributed by atoms with van der Waals surface area (Å²) in [5.74, 6) is 0.610. The zero-order valence-electron chi connectivity index (χ0n) is 17.8. The Hall–Kier alpha value is -3.56. The van der Waals surface area contributed by atoms with Gasteiger partial charge < -0.3 is 14.8 Å². The first-order valence-electron chi connectivity index (χ1n) is 9.89. The third-order valence-electron chi connectivity index (χ3n) is 5.09. The van der Waals surface area contributed by atoms with E-state index in [1.165, 1.54) is 30.1 Å². The average molecular weight is 486 g/mol. The van der Waals surface area contributed by atoms with E-state index >= 15 is 0 Å². The molecule has 0 aliphatic rings. The third kappa shape index (κ3) is 4.50. The minimum Gasteiger partial charge on any atom is -0.496 e. The average Bonchev–Trinajstić information content (AvgIpc) is 3.30. The van der Waals surface area contributed by atoms with Crippen LogP contribution in [-0.4, -0.2) is 29.3 Å². The molecule has 170 valence electrons. The van der Waals surface area contributed by atoms with E-state index in [0.29, 0.717) is 38.0 Å². The van der Waals surface area contributed by atoms with E-state index in [2.05, 4.69) is 5.32 Å². The summed E-state index contributed by atoms with van der Waals surface area (Å²) in [5.41, 5.74) is 0.560. The molecule has 0 bridgehead atoms. The van der Waals surface area contributed by atoms with Gasteiger partial charge in [-0.3, -0.25) is 18.7 Å². The number of hydrogen-bond donors (Lipinski definition) is 1. The fourth-order valence-corrected chi connectivity index (χ4v) is 4.62. The molecule has 0 radical (unpaired) electrons. The zero-order valence-corrected chi connectivity index (χ0v) is 19.4. The molecular weight excluding hydrogens is 466 g/mol. The summed E-state index contributed by atoms with van der Waals surface area (Å²) in [6.07, 6.45) is 0. The van der Waals surface area contributed by atoms with Crippen LogP contribution in [0, 0.1) is 0 Å². The Labute approximate surface area is 197 Å². The molecule has 0 aliphatic heterocycles. The molecule has 8 nitrogen and oxygen atoms in total. The Balaban J connectivity index is 1.70. The Bertz CT molecular complexity index is 1460. The van der Waals surface area contributed by atoms with Gasteiger partial charge in [0.25, 0.3) is 5.56 Å². The van der Waals surface area contributed by atoms with Crippen molar-refractivity contribution in [2.24, 2.45) is 0 Å². The summed E-state index contributed by atoms with van der Waals surface area (Å²) < 4.78 is 13.3. The van der Waals surface area contributed by atoms with Crippen molar-refractivity contribution in [2.45, 2.75) is 13.1 Å². The number of ether oxygens (including phenoxy) is 2. The van der Waals surface area contributed by atoms with Crippen LogP contribution in [0.2, 0.25) is 5.02 Å². The van der Waals surface area contributed by atoms with Crippen LogP contribution in [0.4, 0.5) is 5.69 Å². The molecule has 4 rings (SSSR count). The molecule has 4 aromatic rings. The first kappa shape index (κ1) is 22.6. The molecule has 2 aromatic heterocycles. The normalized spacial score (nSPS) is 10.9. The van der Waals surface area contributed by atoms with Gasteiger partial charge in [-0.05, 0) is 35.7 Å². The number of benzene rings is 2. The lowest BCUT2D eigenvalue weighted by atomic mass is 10.2. The van der Waals surface area contributed by atoms with Crippen molar-refractivity contribution in [1.29, 1.82) is 0 Å². The van der Waals surface area contributed by atoms with Crippen LogP contribution in [0.5, 0.6) is 11.5 Å². The molecule has 0 fully saturated rings. The number of nitrogens with one attached hydrogen (secondary N) is 1. The SMILES string of the molecule is COc1ccc(NC(=O)Cn2c(=O)n(Cc3ccccc3OC)c(=O)c3sccc32)cc1Cl. The van der Waals surface area contributed by atoms with Gasteiger partial charge >= 0.3 is 5.69 Å². The highest BCUT2D eigenvalue weighted by molar-refractivity contribution is 7.17. The zero-order chi connectivity index (χ0) is 23.5.